The molecule has 0 aliphatic carbocycles. The van der Waals surface area contributed by atoms with Crippen LogP contribution < -0.4 is 0 Å². The van der Waals surface area contributed by atoms with Crippen LogP contribution in [0.2, 0.25) is 0 Å². The Balaban J connectivity index is 4.77. The predicted octanol–water partition coefficient (Wildman–Crippen LogP) is -0.441. The molecule has 0 atom stereocenters. The molecule has 0 aliphatic heterocycles. The lowest BCUT2D eigenvalue weighted by Gasteiger charge is -2.19. The Morgan fingerprint density at radius 2 is 1.64 bits per heavy atom. The van der Waals surface area contributed by atoms with Crippen LogP contribution in [0.15, 0.2) is 12.2 Å². The number of allylic oxidation sites excluding steroid dienone is 1. The summed E-state index contributed by atoms with van der Waals surface area (Å²) in [4.78, 5) is 32.7. The smallest absolute Gasteiger partial charge is 0.338 e. The highest BCUT2D eigenvalue weighted by atomic mass is 16.4. The summed E-state index contributed by atoms with van der Waals surface area (Å²) in [6, 6.07) is -1.85. The second kappa shape index (κ2) is 5.00. The van der Waals surface area contributed by atoms with Gasteiger partial charge in [0.25, 0.3) is 0 Å². The number of rotatable bonds is 4. The Bertz CT molecular complexity index is 269. The summed E-state index contributed by atoms with van der Waals surface area (Å²) in [6.07, 6.45) is 2.50. The third-order valence-electron chi connectivity index (χ3n) is 1.51. The zero-order chi connectivity index (χ0) is 11.3. The van der Waals surface area contributed by atoms with Crippen molar-refractivity contribution in [2.45, 2.75) is 13.0 Å². The Morgan fingerprint density at radius 3 is 1.93 bits per heavy atom. The maximum atomic E-state index is 11.1. The highest BCUT2D eigenvalue weighted by molar-refractivity contribution is 6.02. The zero-order valence-electron chi connectivity index (χ0n) is 7.80. The first-order valence-electron chi connectivity index (χ1n) is 3.77. The van der Waals surface area contributed by atoms with Gasteiger partial charge in [-0.25, -0.2) is 9.59 Å². The Labute approximate surface area is 80.4 Å². The summed E-state index contributed by atoms with van der Waals surface area (Å²) in [5, 5.41) is 17.1. The highest BCUT2D eigenvalue weighted by Crippen LogP contribution is 1.99. The molecule has 0 aromatic carbocycles. The van der Waals surface area contributed by atoms with Crippen LogP contribution in [-0.2, 0) is 14.4 Å². The standard InChI is InChI=1S/C8H11NO5/c1-3-4-5(10)9(2)6(7(11)12)8(13)14/h3-4,6H,1-2H3,(H,11,12)(H,13,14). The first kappa shape index (κ1) is 12.2. The van der Waals surface area contributed by atoms with Gasteiger partial charge in [0, 0.05) is 7.05 Å². The second-order valence-electron chi connectivity index (χ2n) is 2.53. The summed E-state index contributed by atoms with van der Waals surface area (Å²) in [5.74, 6) is -3.81. The van der Waals surface area contributed by atoms with Gasteiger partial charge in [0.15, 0.2) is 0 Å². The van der Waals surface area contributed by atoms with E-state index in [1.54, 1.807) is 6.92 Å². The molecule has 0 aliphatic rings. The molecule has 1 amide bonds. The zero-order valence-corrected chi connectivity index (χ0v) is 7.80. The van der Waals surface area contributed by atoms with E-state index in [1.165, 1.54) is 6.08 Å². The molecule has 2 N–H and O–H groups in total. The molecule has 0 saturated heterocycles. The maximum absolute atomic E-state index is 11.1. The third-order valence-corrected chi connectivity index (χ3v) is 1.51. The van der Waals surface area contributed by atoms with Gasteiger partial charge in [-0.3, -0.25) is 4.79 Å². The minimum Gasteiger partial charge on any atom is -0.479 e. The quantitative estimate of drug-likeness (QED) is 0.475. The van der Waals surface area contributed by atoms with E-state index in [-0.39, 0.29) is 0 Å². The summed E-state index contributed by atoms with van der Waals surface area (Å²) in [6.45, 7) is 1.57. The van der Waals surface area contributed by atoms with Gasteiger partial charge in [-0.05, 0) is 13.0 Å². The minimum atomic E-state index is -1.85. The van der Waals surface area contributed by atoms with Gasteiger partial charge in [-0.2, -0.15) is 0 Å². The maximum Gasteiger partial charge on any atom is 0.338 e. The summed E-state index contributed by atoms with van der Waals surface area (Å²) in [7, 11) is 1.12. The number of likely N-dealkylation sites (N-methyl/N-ethyl adjacent to an activating group) is 1. The molecular formula is C8H11NO5. The number of carboxylic acid groups (broad SMARTS) is 2. The molecule has 0 aromatic heterocycles. The monoisotopic (exact) mass is 201 g/mol. The lowest BCUT2D eigenvalue weighted by Crippen LogP contribution is -2.47. The average Bonchev–Trinajstić information content (AvgIpc) is 2.03. The average molecular weight is 201 g/mol. The molecule has 0 saturated carbocycles. The first-order chi connectivity index (χ1) is 6.41. The van der Waals surface area contributed by atoms with E-state index in [9.17, 15) is 14.4 Å². The van der Waals surface area contributed by atoms with Crippen molar-refractivity contribution in [3.63, 3.8) is 0 Å². The van der Waals surface area contributed by atoms with Crippen LogP contribution in [0.25, 0.3) is 0 Å². The number of amides is 1. The van der Waals surface area contributed by atoms with Gasteiger partial charge >= 0.3 is 11.9 Å². The molecule has 0 radical (unpaired) electrons. The van der Waals surface area contributed by atoms with Crippen molar-refractivity contribution in [1.29, 1.82) is 0 Å². The second-order valence-corrected chi connectivity index (χ2v) is 2.53. The van der Waals surface area contributed by atoms with Gasteiger partial charge in [-0.15, -0.1) is 0 Å². The summed E-state index contributed by atoms with van der Waals surface area (Å²) in [5.41, 5.74) is 0. The lowest BCUT2D eigenvalue weighted by atomic mass is 10.2. The number of nitrogens with zero attached hydrogens (tertiary/aromatic N) is 1. The Morgan fingerprint density at radius 1 is 1.21 bits per heavy atom. The number of hydrogen-bond donors (Lipinski definition) is 2. The van der Waals surface area contributed by atoms with E-state index < -0.39 is 23.9 Å². The van der Waals surface area contributed by atoms with E-state index in [2.05, 4.69) is 0 Å². The molecule has 0 aromatic rings. The Hall–Kier alpha value is -1.85. The summed E-state index contributed by atoms with van der Waals surface area (Å²) < 4.78 is 0. The topological polar surface area (TPSA) is 94.9 Å². The molecule has 0 bridgehead atoms. The van der Waals surface area contributed by atoms with Crippen molar-refractivity contribution < 1.29 is 24.6 Å². The molecule has 0 spiro atoms. The highest BCUT2D eigenvalue weighted by Gasteiger charge is 2.32. The predicted molar refractivity (Wildman–Crippen MR) is 46.6 cm³/mol. The Kier molecular flexibility index (Phi) is 4.34. The molecule has 6 nitrogen and oxygen atoms in total. The molecular weight excluding hydrogens is 190 g/mol. The van der Waals surface area contributed by atoms with E-state index in [1.807, 2.05) is 0 Å². The van der Waals surface area contributed by atoms with E-state index in [4.69, 9.17) is 10.2 Å². The number of aliphatic carboxylic acids is 2. The largest absolute Gasteiger partial charge is 0.479 e. The normalized spacial score (nSPS) is 10.5. The molecule has 6 heteroatoms. The number of hydrogen-bond acceptors (Lipinski definition) is 3. The fourth-order valence-corrected chi connectivity index (χ4v) is 0.824. The van der Waals surface area contributed by atoms with Crippen molar-refractivity contribution in [1.82, 2.24) is 4.90 Å². The third kappa shape index (κ3) is 2.89. The van der Waals surface area contributed by atoms with E-state index >= 15 is 0 Å². The van der Waals surface area contributed by atoms with Gasteiger partial charge < -0.3 is 15.1 Å². The van der Waals surface area contributed by atoms with Crippen molar-refractivity contribution >= 4 is 17.8 Å². The molecule has 0 heterocycles. The van der Waals surface area contributed by atoms with Gasteiger partial charge in [-0.1, -0.05) is 6.08 Å². The van der Waals surface area contributed by atoms with Crippen molar-refractivity contribution in [2.24, 2.45) is 0 Å². The van der Waals surface area contributed by atoms with E-state index in [0.717, 1.165) is 13.1 Å². The molecule has 0 unspecified atom stereocenters. The number of carbonyl (C=O) groups is 3. The molecule has 14 heavy (non-hydrogen) atoms. The van der Waals surface area contributed by atoms with Crippen molar-refractivity contribution in [3.8, 4) is 0 Å². The number of carboxylic acids is 2. The molecule has 0 rings (SSSR count). The fourth-order valence-electron chi connectivity index (χ4n) is 0.824. The van der Waals surface area contributed by atoms with Crippen LogP contribution >= 0.6 is 0 Å². The van der Waals surface area contributed by atoms with Crippen LogP contribution in [-0.4, -0.2) is 46.0 Å². The van der Waals surface area contributed by atoms with Crippen molar-refractivity contribution in [2.75, 3.05) is 7.05 Å². The minimum absolute atomic E-state index is 0.644. The van der Waals surface area contributed by atoms with Crippen LogP contribution in [0.3, 0.4) is 0 Å². The van der Waals surface area contributed by atoms with Gasteiger partial charge in [0.1, 0.15) is 0 Å². The van der Waals surface area contributed by atoms with Crippen LogP contribution in [0, 0.1) is 0 Å². The fraction of sp³-hybridized carbons (Fsp3) is 0.375. The summed E-state index contributed by atoms with van der Waals surface area (Å²) >= 11 is 0. The van der Waals surface area contributed by atoms with E-state index in [0.29, 0.717) is 4.90 Å². The van der Waals surface area contributed by atoms with Gasteiger partial charge in [0.2, 0.25) is 11.9 Å². The first-order valence-corrected chi connectivity index (χ1v) is 3.77. The SMILES string of the molecule is CC=CC(=O)N(C)C(C(=O)O)C(=O)O. The van der Waals surface area contributed by atoms with Crippen LogP contribution in [0.4, 0.5) is 0 Å². The van der Waals surface area contributed by atoms with Crippen molar-refractivity contribution in [3.05, 3.63) is 12.2 Å². The van der Waals surface area contributed by atoms with Crippen LogP contribution in [0.5, 0.6) is 0 Å². The lowest BCUT2D eigenvalue weighted by molar-refractivity contribution is -0.159. The van der Waals surface area contributed by atoms with Gasteiger partial charge in [0.05, 0.1) is 0 Å². The molecule has 0 fully saturated rings. The van der Waals surface area contributed by atoms with Crippen LogP contribution in [0.1, 0.15) is 6.92 Å². The number of carbonyl (C=O) groups excluding carboxylic acids is 1. The molecule has 78 valence electrons.